The van der Waals surface area contributed by atoms with Crippen molar-refractivity contribution in [1.29, 1.82) is 0 Å². The average Bonchev–Trinajstić information content (AvgIpc) is 4.03. The lowest BCUT2D eigenvalue weighted by atomic mass is 10.00. The van der Waals surface area contributed by atoms with Gasteiger partial charge in [-0.15, -0.1) is 0 Å². The van der Waals surface area contributed by atoms with Gasteiger partial charge in [-0.25, -0.2) is 4.98 Å². The summed E-state index contributed by atoms with van der Waals surface area (Å²) in [4.78, 5) is 7.55. The molecule has 5 heteroatoms. The van der Waals surface area contributed by atoms with E-state index >= 15 is 0 Å². The van der Waals surface area contributed by atoms with Crippen LogP contribution in [0.4, 0.5) is 17.1 Å². The summed E-state index contributed by atoms with van der Waals surface area (Å²) in [6.45, 7) is 0. The van der Waals surface area contributed by atoms with Gasteiger partial charge in [0.05, 0.1) is 22.1 Å². The predicted molar refractivity (Wildman–Crippen MR) is 247 cm³/mol. The van der Waals surface area contributed by atoms with Crippen molar-refractivity contribution >= 4 is 71.9 Å². The van der Waals surface area contributed by atoms with Crippen molar-refractivity contribution in [2.75, 3.05) is 4.90 Å². The van der Waals surface area contributed by atoms with Crippen LogP contribution in [0.15, 0.2) is 221 Å². The minimum absolute atomic E-state index is 0.577. The number of nitrogens with zero attached hydrogens (tertiary/aromatic N) is 3. The first-order valence-electron chi connectivity index (χ1n) is 20.2. The zero-order valence-corrected chi connectivity index (χ0v) is 32.4. The second-order valence-corrected chi connectivity index (χ2v) is 15.1. The molecule has 5 nitrogen and oxygen atoms in total. The Labute approximate surface area is 345 Å². The molecule has 12 rings (SSSR count). The van der Waals surface area contributed by atoms with Crippen LogP contribution in [0.3, 0.4) is 0 Å². The number of rotatable bonds is 7. The summed E-state index contributed by atoms with van der Waals surface area (Å²) in [5.74, 6) is 0.577. The van der Waals surface area contributed by atoms with Gasteiger partial charge in [-0.05, 0) is 95.6 Å². The number of oxazole rings is 1. The largest absolute Gasteiger partial charge is 0.456 e. The Morgan fingerprint density at radius 2 is 1.07 bits per heavy atom. The molecule has 0 spiro atoms. The highest BCUT2D eigenvalue weighted by molar-refractivity contribution is 6.20. The van der Waals surface area contributed by atoms with Crippen molar-refractivity contribution < 1.29 is 8.83 Å². The van der Waals surface area contributed by atoms with Crippen LogP contribution in [0.2, 0.25) is 0 Å². The minimum atomic E-state index is 0.577. The van der Waals surface area contributed by atoms with E-state index in [1.54, 1.807) is 0 Å². The molecule has 282 valence electrons. The molecule has 0 N–H and O–H groups in total. The van der Waals surface area contributed by atoms with Gasteiger partial charge in [-0.3, -0.25) is 0 Å². The molecular weight excluding hydrogens is 735 g/mol. The smallest absolute Gasteiger partial charge is 0.227 e. The molecule has 0 aliphatic heterocycles. The number of hydrogen-bond acceptors (Lipinski definition) is 4. The van der Waals surface area contributed by atoms with Crippen molar-refractivity contribution in [3.8, 4) is 39.4 Å². The molecule has 9 aromatic carbocycles. The summed E-state index contributed by atoms with van der Waals surface area (Å²) in [6, 6.07) is 74.5. The van der Waals surface area contributed by atoms with Crippen LogP contribution < -0.4 is 4.90 Å². The Morgan fingerprint density at radius 3 is 1.87 bits per heavy atom. The van der Waals surface area contributed by atoms with Gasteiger partial charge in [0.25, 0.3) is 0 Å². The molecule has 0 aliphatic rings. The van der Waals surface area contributed by atoms with E-state index in [1.807, 2.05) is 48.5 Å². The Hall–Kier alpha value is -8.15. The third kappa shape index (κ3) is 5.44. The first-order chi connectivity index (χ1) is 29.8. The summed E-state index contributed by atoms with van der Waals surface area (Å²) in [5.41, 5.74) is 14.9. The highest BCUT2D eigenvalue weighted by atomic mass is 16.4. The van der Waals surface area contributed by atoms with Crippen molar-refractivity contribution in [2.24, 2.45) is 0 Å². The van der Waals surface area contributed by atoms with Gasteiger partial charge >= 0.3 is 0 Å². The quantitative estimate of drug-likeness (QED) is 0.162. The summed E-state index contributed by atoms with van der Waals surface area (Å²) in [7, 11) is 0. The SMILES string of the molecule is c1ccc(-c2cccc(N(c3ccc(-c4cc5oc6ccccc6c5c5oc(-c6ccccc6)nc45)cc3)c3cccc4c3c3ccccc3n4-c3ccccc3)c2)cc1. The molecule has 0 atom stereocenters. The summed E-state index contributed by atoms with van der Waals surface area (Å²) < 4.78 is 15.5. The Kier molecular flexibility index (Phi) is 7.78. The van der Waals surface area contributed by atoms with Crippen molar-refractivity contribution in [3.05, 3.63) is 212 Å². The Bertz CT molecular complexity index is 3530. The van der Waals surface area contributed by atoms with Crippen LogP contribution in [0.1, 0.15) is 0 Å². The van der Waals surface area contributed by atoms with E-state index in [9.17, 15) is 0 Å². The number of anilines is 3. The van der Waals surface area contributed by atoms with E-state index in [0.29, 0.717) is 5.89 Å². The second kappa shape index (κ2) is 13.8. The lowest BCUT2D eigenvalue weighted by molar-refractivity contribution is 0.622. The molecule has 3 aromatic heterocycles. The van der Waals surface area contributed by atoms with E-state index in [-0.39, 0.29) is 0 Å². The Morgan fingerprint density at radius 1 is 0.417 bits per heavy atom. The number of hydrogen-bond donors (Lipinski definition) is 0. The van der Waals surface area contributed by atoms with Gasteiger partial charge in [0.2, 0.25) is 5.89 Å². The standard InChI is InChI=1S/C55H35N3O2/c1-4-16-36(17-5-1)39-20-14-23-42(34-39)57(47-27-15-28-48-51(47)43-24-10-12-26-46(43)58(48)40-21-8-3-9-22-40)41-32-30-37(31-33-41)45-35-50-52(44-25-11-13-29-49(44)59-50)54-53(45)56-55(60-54)38-18-6-2-7-19-38/h1-35H. The van der Waals surface area contributed by atoms with E-state index < -0.39 is 0 Å². The molecule has 0 saturated heterocycles. The molecule has 0 amide bonds. The average molecular weight is 770 g/mol. The fourth-order valence-corrected chi connectivity index (χ4v) is 8.91. The molecule has 60 heavy (non-hydrogen) atoms. The van der Waals surface area contributed by atoms with Gasteiger partial charge in [-0.1, -0.05) is 133 Å². The van der Waals surface area contributed by atoms with Crippen molar-refractivity contribution in [3.63, 3.8) is 0 Å². The third-order valence-electron chi connectivity index (χ3n) is 11.6. The van der Waals surface area contributed by atoms with E-state index in [2.05, 4.69) is 173 Å². The fraction of sp³-hybridized carbons (Fsp3) is 0. The Balaban J connectivity index is 1.07. The topological polar surface area (TPSA) is 47.3 Å². The van der Waals surface area contributed by atoms with Crippen LogP contribution in [0.25, 0.3) is 94.2 Å². The molecule has 0 unspecified atom stereocenters. The molecule has 3 heterocycles. The normalized spacial score (nSPS) is 11.7. The number of furan rings is 1. The summed E-state index contributed by atoms with van der Waals surface area (Å²) in [6.07, 6.45) is 0. The maximum Gasteiger partial charge on any atom is 0.227 e. The first kappa shape index (κ1) is 33.9. The van der Waals surface area contributed by atoms with Crippen LogP contribution in [-0.2, 0) is 0 Å². The lowest BCUT2D eigenvalue weighted by Crippen LogP contribution is -2.10. The van der Waals surface area contributed by atoms with Gasteiger partial charge in [-0.2, -0.15) is 0 Å². The van der Waals surface area contributed by atoms with Crippen molar-refractivity contribution in [1.82, 2.24) is 9.55 Å². The second-order valence-electron chi connectivity index (χ2n) is 15.1. The molecule has 0 bridgehead atoms. The number of aromatic nitrogens is 2. The maximum atomic E-state index is 6.65. The number of para-hydroxylation sites is 3. The van der Waals surface area contributed by atoms with Gasteiger partial charge in [0.15, 0.2) is 5.58 Å². The van der Waals surface area contributed by atoms with Gasteiger partial charge in [0.1, 0.15) is 16.7 Å². The monoisotopic (exact) mass is 769 g/mol. The van der Waals surface area contributed by atoms with Crippen LogP contribution in [0, 0.1) is 0 Å². The van der Waals surface area contributed by atoms with Crippen molar-refractivity contribution in [2.45, 2.75) is 0 Å². The van der Waals surface area contributed by atoms with E-state index in [1.165, 1.54) is 16.3 Å². The predicted octanol–water partition coefficient (Wildman–Crippen LogP) is 15.3. The summed E-state index contributed by atoms with van der Waals surface area (Å²) in [5, 5.41) is 4.31. The molecular formula is C55H35N3O2. The minimum Gasteiger partial charge on any atom is -0.456 e. The molecule has 0 radical (unpaired) electrons. The molecule has 0 aliphatic carbocycles. The highest BCUT2D eigenvalue weighted by Gasteiger charge is 2.24. The number of benzene rings is 9. The molecule has 12 aromatic rings. The maximum absolute atomic E-state index is 6.65. The van der Waals surface area contributed by atoms with Gasteiger partial charge in [0, 0.05) is 44.3 Å². The van der Waals surface area contributed by atoms with Gasteiger partial charge < -0.3 is 18.3 Å². The molecule has 0 saturated carbocycles. The lowest BCUT2D eigenvalue weighted by Gasteiger charge is -2.27. The fourth-order valence-electron chi connectivity index (χ4n) is 8.91. The number of fused-ring (bicyclic) bond motifs is 8. The van der Waals surface area contributed by atoms with E-state index in [4.69, 9.17) is 13.8 Å². The zero-order valence-electron chi connectivity index (χ0n) is 32.4. The third-order valence-corrected chi connectivity index (χ3v) is 11.6. The first-order valence-corrected chi connectivity index (χ1v) is 20.2. The molecule has 0 fully saturated rings. The van der Waals surface area contributed by atoms with Crippen LogP contribution in [-0.4, -0.2) is 9.55 Å². The highest BCUT2D eigenvalue weighted by Crippen LogP contribution is 2.46. The van der Waals surface area contributed by atoms with Crippen LogP contribution in [0.5, 0.6) is 0 Å². The van der Waals surface area contributed by atoms with Crippen LogP contribution >= 0.6 is 0 Å². The van der Waals surface area contributed by atoms with E-state index in [0.717, 1.165) is 89.1 Å². The zero-order chi connectivity index (χ0) is 39.6. The summed E-state index contributed by atoms with van der Waals surface area (Å²) >= 11 is 0.